The molecule has 3 rings (SSSR count). The van der Waals surface area contributed by atoms with E-state index >= 15 is 0 Å². The second-order valence-corrected chi connectivity index (χ2v) is 6.49. The number of anilines is 2. The lowest BCUT2D eigenvalue weighted by Crippen LogP contribution is -2.23. The van der Waals surface area contributed by atoms with Crippen LogP contribution < -0.4 is 15.4 Å². The number of hydrogen-bond donors (Lipinski definition) is 2. The normalized spacial score (nSPS) is 11.0. The molecule has 0 spiro atoms. The molecule has 0 saturated carbocycles. The lowest BCUT2D eigenvalue weighted by atomic mass is 10.1. The van der Waals surface area contributed by atoms with Crippen LogP contribution in [0.3, 0.4) is 0 Å². The zero-order valence-electron chi connectivity index (χ0n) is 16.2. The summed E-state index contributed by atoms with van der Waals surface area (Å²) in [6.07, 6.45) is -4.86. The molecule has 2 N–H and O–H groups in total. The number of halogens is 5. The average molecular weight is 450 g/mol. The maximum absolute atomic E-state index is 13.5. The van der Waals surface area contributed by atoms with E-state index in [4.69, 9.17) is 4.74 Å². The molecule has 10 heteroatoms. The maximum Gasteiger partial charge on any atom is 0.418 e. The van der Waals surface area contributed by atoms with Gasteiger partial charge in [-0.3, -0.25) is 9.59 Å². The van der Waals surface area contributed by atoms with Gasteiger partial charge in [0.2, 0.25) is 0 Å². The molecule has 0 fully saturated rings. The van der Waals surface area contributed by atoms with Crippen molar-refractivity contribution in [1.29, 1.82) is 0 Å². The molecule has 0 aromatic heterocycles. The molecule has 32 heavy (non-hydrogen) atoms. The smallest absolute Gasteiger partial charge is 0.418 e. The van der Waals surface area contributed by atoms with Gasteiger partial charge >= 0.3 is 6.18 Å². The van der Waals surface area contributed by atoms with E-state index < -0.39 is 47.5 Å². The first-order valence-electron chi connectivity index (χ1n) is 9.09. The quantitative estimate of drug-likeness (QED) is 0.504. The number of carbonyl (C=O) groups is 2. The van der Waals surface area contributed by atoms with E-state index in [0.717, 1.165) is 30.3 Å². The van der Waals surface area contributed by atoms with Gasteiger partial charge in [0.25, 0.3) is 11.8 Å². The van der Waals surface area contributed by atoms with Crippen molar-refractivity contribution in [3.8, 4) is 5.75 Å². The molecule has 0 aliphatic carbocycles. The summed E-state index contributed by atoms with van der Waals surface area (Å²) in [5.74, 6) is -3.20. The molecule has 2 amide bonds. The number of amides is 2. The van der Waals surface area contributed by atoms with E-state index in [0.29, 0.717) is 6.07 Å². The van der Waals surface area contributed by atoms with Crippen molar-refractivity contribution in [2.45, 2.75) is 6.18 Å². The van der Waals surface area contributed by atoms with Crippen LogP contribution in [0.5, 0.6) is 5.75 Å². The minimum absolute atomic E-state index is 0.0441. The summed E-state index contributed by atoms with van der Waals surface area (Å²) in [5, 5.41) is 4.35. The van der Waals surface area contributed by atoms with Crippen LogP contribution in [0.25, 0.3) is 0 Å². The standard InChI is InChI=1S/C22H15F5N2O3/c23-14-7-5-13(6-8-14)21(31)28-15-9-10-18(16(11-15)22(25,26)27)29-20(30)12-32-19-4-2-1-3-17(19)24/h1-11H,12H2,(H,28,31)(H,29,30). The Hall–Kier alpha value is -3.95. The number of rotatable bonds is 6. The minimum atomic E-state index is -4.86. The van der Waals surface area contributed by atoms with Crippen molar-refractivity contribution in [2.24, 2.45) is 0 Å². The lowest BCUT2D eigenvalue weighted by molar-refractivity contribution is -0.137. The molecular weight excluding hydrogens is 435 g/mol. The highest BCUT2D eigenvalue weighted by Crippen LogP contribution is 2.36. The van der Waals surface area contributed by atoms with Crippen LogP contribution in [0.15, 0.2) is 66.7 Å². The van der Waals surface area contributed by atoms with Crippen LogP contribution in [0, 0.1) is 11.6 Å². The summed E-state index contributed by atoms with van der Waals surface area (Å²) in [7, 11) is 0. The van der Waals surface area contributed by atoms with E-state index in [1.165, 1.54) is 30.3 Å². The van der Waals surface area contributed by atoms with E-state index in [9.17, 15) is 31.5 Å². The zero-order chi connectivity index (χ0) is 23.3. The van der Waals surface area contributed by atoms with Gasteiger partial charge < -0.3 is 15.4 Å². The van der Waals surface area contributed by atoms with Gasteiger partial charge in [-0.25, -0.2) is 8.78 Å². The fourth-order valence-corrected chi connectivity index (χ4v) is 2.66. The Morgan fingerprint density at radius 2 is 1.56 bits per heavy atom. The van der Waals surface area contributed by atoms with Gasteiger partial charge in [-0.15, -0.1) is 0 Å². The SMILES string of the molecule is O=C(COc1ccccc1F)Nc1ccc(NC(=O)c2ccc(F)cc2)cc1C(F)(F)F. The molecular formula is C22H15F5N2O3. The number of alkyl halides is 3. The van der Waals surface area contributed by atoms with E-state index in [1.807, 2.05) is 0 Å². The Bertz CT molecular complexity index is 1130. The zero-order valence-corrected chi connectivity index (χ0v) is 16.2. The van der Waals surface area contributed by atoms with Crippen LogP contribution in [-0.4, -0.2) is 18.4 Å². The Balaban J connectivity index is 1.73. The number of hydrogen-bond acceptors (Lipinski definition) is 3. The van der Waals surface area contributed by atoms with E-state index in [1.54, 1.807) is 0 Å². The Labute approximate surface area is 178 Å². The highest BCUT2D eigenvalue weighted by Gasteiger charge is 2.34. The number of ether oxygens (including phenoxy) is 1. The lowest BCUT2D eigenvalue weighted by Gasteiger charge is -2.16. The molecule has 166 valence electrons. The molecule has 0 aliphatic heterocycles. The van der Waals surface area contributed by atoms with Crippen molar-refractivity contribution in [3.63, 3.8) is 0 Å². The molecule has 0 radical (unpaired) electrons. The third-order valence-electron chi connectivity index (χ3n) is 4.16. The molecule has 0 unspecified atom stereocenters. The van der Waals surface area contributed by atoms with Crippen molar-refractivity contribution < 1.29 is 36.3 Å². The molecule has 0 bridgehead atoms. The third-order valence-corrected chi connectivity index (χ3v) is 4.16. The van der Waals surface area contributed by atoms with Crippen LogP contribution in [0.1, 0.15) is 15.9 Å². The van der Waals surface area contributed by atoms with E-state index in [2.05, 4.69) is 10.6 Å². The van der Waals surface area contributed by atoms with Crippen LogP contribution in [0.2, 0.25) is 0 Å². The van der Waals surface area contributed by atoms with Crippen molar-refractivity contribution in [3.05, 3.63) is 89.5 Å². The Morgan fingerprint density at radius 1 is 0.875 bits per heavy atom. The first-order chi connectivity index (χ1) is 15.1. The fourth-order valence-electron chi connectivity index (χ4n) is 2.66. The molecule has 3 aromatic carbocycles. The van der Waals surface area contributed by atoms with Crippen LogP contribution >= 0.6 is 0 Å². The number of carbonyl (C=O) groups excluding carboxylic acids is 2. The third kappa shape index (κ3) is 5.81. The molecule has 0 aliphatic rings. The highest BCUT2D eigenvalue weighted by molar-refractivity contribution is 6.04. The summed E-state index contributed by atoms with van der Waals surface area (Å²) in [6, 6.07) is 12.5. The highest BCUT2D eigenvalue weighted by atomic mass is 19.4. The minimum Gasteiger partial charge on any atom is -0.481 e. The van der Waals surface area contributed by atoms with Crippen molar-refractivity contribution >= 4 is 23.2 Å². The Morgan fingerprint density at radius 3 is 2.22 bits per heavy atom. The van der Waals surface area contributed by atoms with Gasteiger partial charge in [0.05, 0.1) is 11.3 Å². The van der Waals surface area contributed by atoms with Gasteiger partial charge in [0, 0.05) is 11.3 Å². The summed E-state index contributed by atoms with van der Waals surface area (Å²) < 4.78 is 72.0. The summed E-state index contributed by atoms with van der Waals surface area (Å²) in [5.41, 5.74) is -1.93. The first kappa shape index (κ1) is 22.7. The predicted octanol–water partition coefficient (Wildman–Crippen LogP) is 5.25. The molecule has 5 nitrogen and oxygen atoms in total. The number of nitrogens with one attached hydrogen (secondary N) is 2. The molecule has 0 heterocycles. The van der Waals surface area contributed by atoms with Gasteiger partial charge in [-0.1, -0.05) is 12.1 Å². The molecule has 0 saturated heterocycles. The summed E-state index contributed by atoms with van der Waals surface area (Å²) in [4.78, 5) is 24.2. The van der Waals surface area contributed by atoms with Crippen molar-refractivity contribution in [1.82, 2.24) is 0 Å². The monoisotopic (exact) mass is 450 g/mol. The molecule has 0 atom stereocenters. The fraction of sp³-hybridized carbons (Fsp3) is 0.0909. The Kier molecular flexibility index (Phi) is 6.72. The van der Waals surface area contributed by atoms with Gasteiger partial charge in [0.1, 0.15) is 5.82 Å². The van der Waals surface area contributed by atoms with E-state index in [-0.39, 0.29) is 17.0 Å². The second-order valence-electron chi connectivity index (χ2n) is 6.49. The van der Waals surface area contributed by atoms with Crippen LogP contribution in [-0.2, 0) is 11.0 Å². The van der Waals surface area contributed by atoms with Gasteiger partial charge in [0.15, 0.2) is 18.2 Å². The number of benzene rings is 3. The largest absolute Gasteiger partial charge is 0.481 e. The average Bonchev–Trinajstić information content (AvgIpc) is 2.74. The number of para-hydroxylation sites is 1. The summed E-state index contributed by atoms with van der Waals surface area (Å²) >= 11 is 0. The summed E-state index contributed by atoms with van der Waals surface area (Å²) in [6.45, 7) is -0.721. The maximum atomic E-state index is 13.5. The second kappa shape index (κ2) is 9.46. The topological polar surface area (TPSA) is 67.4 Å². The molecule has 3 aromatic rings. The van der Waals surface area contributed by atoms with Gasteiger partial charge in [-0.05, 0) is 54.6 Å². The van der Waals surface area contributed by atoms with Crippen LogP contribution in [0.4, 0.5) is 33.3 Å². The van der Waals surface area contributed by atoms with Crippen molar-refractivity contribution in [2.75, 3.05) is 17.2 Å². The predicted molar refractivity (Wildman–Crippen MR) is 106 cm³/mol. The van der Waals surface area contributed by atoms with Gasteiger partial charge in [-0.2, -0.15) is 13.2 Å². The first-order valence-corrected chi connectivity index (χ1v) is 9.09.